The SMILES string of the molecule is COc1cc(OC)c(CNC(=O)CN2CCNC[C@@H]2C)c(OC)c1. The summed E-state index contributed by atoms with van der Waals surface area (Å²) in [4.78, 5) is 14.4. The fraction of sp³-hybridized carbons (Fsp3) is 0.588. The molecule has 0 spiro atoms. The van der Waals surface area contributed by atoms with Crippen LogP contribution in [-0.2, 0) is 11.3 Å². The summed E-state index contributed by atoms with van der Waals surface area (Å²) in [7, 11) is 4.76. The van der Waals surface area contributed by atoms with Crippen molar-refractivity contribution in [2.24, 2.45) is 0 Å². The average Bonchev–Trinajstić information content (AvgIpc) is 2.61. The predicted molar refractivity (Wildman–Crippen MR) is 91.8 cm³/mol. The predicted octanol–water partition coefficient (Wildman–Crippen LogP) is 0.622. The molecule has 1 aromatic rings. The van der Waals surface area contributed by atoms with Gasteiger partial charge in [-0.1, -0.05) is 0 Å². The third kappa shape index (κ3) is 4.52. The van der Waals surface area contributed by atoms with Crippen LogP contribution in [0.5, 0.6) is 17.2 Å². The first-order valence-electron chi connectivity index (χ1n) is 8.09. The molecular formula is C17H27N3O4. The lowest BCUT2D eigenvalue weighted by Crippen LogP contribution is -2.52. The summed E-state index contributed by atoms with van der Waals surface area (Å²) in [6.45, 7) is 5.56. The van der Waals surface area contributed by atoms with E-state index >= 15 is 0 Å². The van der Waals surface area contributed by atoms with Crippen LogP contribution in [-0.4, -0.2) is 64.4 Å². The first-order chi connectivity index (χ1) is 11.6. The number of benzene rings is 1. The molecule has 1 aliphatic rings. The molecular weight excluding hydrogens is 310 g/mol. The third-order valence-electron chi connectivity index (χ3n) is 4.27. The molecule has 24 heavy (non-hydrogen) atoms. The molecule has 2 rings (SSSR count). The summed E-state index contributed by atoms with van der Waals surface area (Å²) < 4.78 is 16.0. The number of nitrogens with zero attached hydrogens (tertiary/aromatic N) is 1. The number of ether oxygens (including phenoxy) is 3. The van der Waals surface area contributed by atoms with E-state index in [0.717, 1.165) is 25.2 Å². The Balaban J connectivity index is 2.01. The van der Waals surface area contributed by atoms with E-state index in [1.54, 1.807) is 33.5 Å². The largest absolute Gasteiger partial charge is 0.496 e. The van der Waals surface area contributed by atoms with Gasteiger partial charge in [0.2, 0.25) is 5.91 Å². The van der Waals surface area contributed by atoms with Crippen LogP contribution >= 0.6 is 0 Å². The maximum Gasteiger partial charge on any atom is 0.234 e. The highest BCUT2D eigenvalue weighted by atomic mass is 16.5. The minimum Gasteiger partial charge on any atom is -0.496 e. The molecule has 0 radical (unpaired) electrons. The number of amides is 1. The molecule has 0 aromatic heterocycles. The molecule has 1 heterocycles. The van der Waals surface area contributed by atoms with E-state index in [1.165, 1.54) is 0 Å². The summed E-state index contributed by atoms with van der Waals surface area (Å²) in [5.74, 6) is 1.89. The van der Waals surface area contributed by atoms with Crippen molar-refractivity contribution in [2.45, 2.75) is 19.5 Å². The fourth-order valence-corrected chi connectivity index (χ4v) is 2.80. The minimum atomic E-state index is -0.0105. The molecule has 2 N–H and O–H groups in total. The second-order valence-corrected chi connectivity index (χ2v) is 5.81. The molecule has 134 valence electrons. The van der Waals surface area contributed by atoms with Crippen LogP contribution in [0.25, 0.3) is 0 Å². The van der Waals surface area contributed by atoms with Gasteiger partial charge >= 0.3 is 0 Å². The summed E-state index contributed by atoms with van der Waals surface area (Å²) in [6, 6.07) is 3.92. The van der Waals surface area contributed by atoms with Crippen molar-refractivity contribution >= 4 is 5.91 Å². The monoisotopic (exact) mass is 337 g/mol. The van der Waals surface area contributed by atoms with Gasteiger partial charge in [-0.25, -0.2) is 0 Å². The van der Waals surface area contributed by atoms with Crippen molar-refractivity contribution < 1.29 is 19.0 Å². The highest BCUT2D eigenvalue weighted by molar-refractivity contribution is 5.78. The normalized spacial score (nSPS) is 18.1. The van der Waals surface area contributed by atoms with Gasteiger partial charge < -0.3 is 24.8 Å². The zero-order valence-electron chi connectivity index (χ0n) is 14.8. The Morgan fingerprint density at radius 1 is 1.25 bits per heavy atom. The van der Waals surface area contributed by atoms with Gasteiger partial charge in [-0.3, -0.25) is 9.69 Å². The molecule has 7 nitrogen and oxygen atoms in total. The van der Waals surface area contributed by atoms with E-state index in [1.807, 2.05) is 0 Å². The fourth-order valence-electron chi connectivity index (χ4n) is 2.80. The second-order valence-electron chi connectivity index (χ2n) is 5.81. The zero-order chi connectivity index (χ0) is 17.5. The molecule has 1 atom stereocenters. The molecule has 0 saturated carbocycles. The Morgan fingerprint density at radius 2 is 1.92 bits per heavy atom. The molecule has 1 aliphatic heterocycles. The summed E-state index contributed by atoms with van der Waals surface area (Å²) in [5.41, 5.74) is 0.794. The third-order valence-corrected chi connectivity index (χ3v) is 4.27. The summed E-state index contributed by atoms with van der Waals surface area (Å²) in [5, 5.41) is 6.27. The number of rotatable bonds is 7. The van der Waals surface area contributed by atoms with Gasteiger partial charge in [-0.15, -0.1) is 0 Å². The van der Waals surface area contributed by atoms with Gasteiger partial charge in [0.1, 0.15) is 17.2 Å². The quantitative estimate of drug-likeness (QED) is 0.760. The maximum absolute atomic E-state index is 12.3. The molecule has 0 bridgehead atoms. The van der Waals surface area contributed by atoms with Crippen molar-refractivity contribution in [1.29, 1.82) is 0 Å². The van der Waals surface area contributed by atoms with E-state index < -0.39 is 0 Å². The minimum absolute atomic E-state index is 0.0105. The van der Waals surface area contributed by atoms with Crippen molar-refractivity contribution in [3.63, 3.8) is 0 Å². The lowest BCUT2D eigenvalue weighted by molar-refractivity contribution is -0.123. The van der Waals surface area contributed by atoms with Crippen LogP contribution in [0.3, 0.4) is 0 Å². The zero-order valence-corrected chi connectivity index (χ0v) is 14.8. The van der Waals surface area contributed by atoms with Gasteiger partial charge in [-0.2, -0.15) is 0 Å². The van der Waals surface area contributed by atoms with Crippen LogP contribution in [0.2, 0.25) is 0 Å². The standard InChI is InChI=1S/C17H27N3O4/c1-12-9-18-5-6-20(12)11-17(21)19-10-14-15(23-3)7-13(22-2)8-16(14)24-4/h7-8,12,18H,5-6,9-11H2,1-4H3,(H,19,21)/t12-/m0/s1. The van der Waals surface area contributed by atoms with Crippen LogP contribution in [0.1, 0.15) is 12.5 Å². The van der Waals surface area contributed by atoms with Gasteiger partial charge in [-0.05, 0) is 6.92 Å². The number of carbonyl (C=O) groups is 1. The second kappa shape index (κ2) is 8.75. The number of methoxy groups -OCH3 is 3. The van der Waals surface area contributed by atoms with E-state index in [0.29, 0.717) is 36.4 Å². The Bertz CT molecular complexity index is 540. The number of hydrogen-bond acceptors (Lipinski definition) is 6. The molecule has 7 heteroatoms. The van der Waals surface area contributed by atoms with E-state index in [-0.39, 0.29) is 5.91 Å². The lowest BCUT2D eigenvalue weighted by atomic mass is 10.1. The smallest absolute Gasteiger partial charge is 0.234 e. The van der Waals surface area contributed by atoms with Gasteiger partial charge in [0.25, 0.3) is 0 Å². The molecule has 0 unspecified atom stereocenters. The van der Waals surface area contributed by atoms with Crippen LogP contribution < -0.4 is 24.8 Å². The highest BCUT2D eigenvalue weighted by Crippen LogP contribution is 2.33. The van der Waals surface area contributed by atoms with Crippen molar-refractivity contribution in [3.05, 3.63) is 17.7 Å². The van der Waals surface area contributed by atoms with Gasteiger partial charge in [0.15, 0.2) is 0 Å². The molecule has 1 saturated heterocycles. The summed E-state index contributed by atoms with van der Waals surface area (Å²) in [6.07, 6.45) is 0. The maximum atomic E-state index is 12.3. The number of hydrogen-bond donors (Lipinski definition) is 2. The van der Waals surface area contributed by atoms with Crippen molar-refractivity contribution in [3.8, 4) is 17.2 Å². The number of piperazine rings is 1. The number of nitrogens with one attached hydrogen (secondary N) is 2. The lowest BCUT2D eigenvalue weighted by Gasteiger charge is -2.33. The van der Waals surface area contributed by atoms with Gasteiger partial charge in [0.05, 0.1) is 40.0 Å². The van der Waals surface area contributed by atoms with Crippen LogP contribution in [0, 0.1) is 0 Å². The Hall–Kier alpha value is -1.99. The van der Waals surface area contributed by atoms with Gasteiger partial charge in [0, 0.05) is 37.8 Å². The van der Waals surface area contributed by atoms with Crippen LogP contribution in [0.15, 0.2) is 12.1 Å². The molecule has 0 aliphatic carbocycles. The van der Waals surface area contributed by atoms with E-state index in [4.69, 9.17) is 14.2 Å². The molecule has 1 amide bonds. The topological polar surface area (TPSA) is 72.1 Å². The number of carbonyl (C=O) groups excluding carboxylic acids is 1. The Kier molecular flexibility index (Phi) is 6.69. The van der Waals surface area contributed by atoms with Crippen molar-refractivity contribution in [1.82, 2.24) is 15.5 Å². The van der Waals surface area contributed by atoms with E-state index in [9.17, 15) is 4.79 Å². The summed E-state index contributed by atoms with van der Waals surface area (Å²) >= 11 is 0. The van der Waals surface area contributed by atoms with Crippen molar-refractivity contribution in [2.75, 3.05) is 47.5 Å². The molecule has 1 fully saturated rings. The first-order valence-corrected chi connectivity index (χ1v) is 8.09. The van der Waals surface area contributed by atoms with E-state index in [2.05, 4.69) is 22.5 Å². The highest BCUT2D eigenvalue weighted by Gasteiger charge is 2.21. The molecule has 1 aromatic carbocycles. The average molecular weight is 337 g/mol. The Labute approximate surface area is 143 Å². The Morgan fingerprint density at radius 3 is 2.46 bits per heavy atom. The van der Waals surface area contributed by atoms with Crippen LogP contribution in [0.4, 0.5) is 0 Å². The first kappa shape index (κ1) is 18.4.